The van der Waals surface area contributed by atoms with Crippen LogP contribution in [-0.4, -0.2) is 24.7 Å². The van der Waals surface area contributed by atoms with E-state index in [9.17, 15) is 13.2 Å². The highest BCUT2D eigenvalue weighted by Crippen LogP contribution is 2.29. The van der Waals surface area contributed by atoms with E-state index in [-0.39, 0.29) is 11.6 Å². The molecule has 2 N–H and O–H groups in total. The second-order valence-corrected chi connectivity index (χ2v) is 3.96. The molecule has 6 nitrogen and oxygen atoms in total. The Labute approximate surface area is 110 Å². The van der Waals surface area contributed by atoms with Crippen LogP contribution >= 0.6 is 0 Å². The lowest BCUT2D eigenvalue weighted by Gasteiger charge is -2.07. The van der Waals surface area contributed by atoms with Crippen molar-refractivity contribution in [3.63, 3.8) is 0 Å². The number of fused-ring (bicyclic) bond motifs is 1. The van der Waals surface area contributed by atoms with Gasteiger partial charge in [0.05, 0.1) is 17.1 Å². The molecule has 102 valence electrons. The molecule has 3 heterocycles. The number of hydrogen-bond acceptors (Lipinski definition) is 5. The first kappa shape index (κ1) is 12.3. The van der Waals surface area contributed by atoms with E-state index in [1.165, 1.54) is 23.3 Å². The molecular formula is C11H7F3N6. The van der Waals surface area contributed by atoms with Gasteiger partial charge in [0.25, 0.3) is 0 Å². The summed E-state index contributed by atoms with van der Waals surface area (Å²) in [5.41, 5.74) is 5.21. The molecule has 0 radical (unpaired) electrons. The maximum Gasteiger partial charge on any atom is 0.417 e. The molecule has 0 aliphatic rings. The summed E-state index contributed by atoms with van der Waals surface area (Å²) < 4.78 is 38.7. The topological polar surface area (TPSA) is 82.5 Å². The Hall–Kier alpha value is -2.71. The minimum absolute atomic E-state index is 0.214. The number of halogens is 3. The average Bonchev–Trinajstić information content (AvgIpc) is 2.83. The number of anilines is 1. The van der Waals surface area contributed by atoms with Gasteiger partial charge in [0, 0.05) is 6.20 Å². The summed E-state index contributed by atoms with van der Waals surface area (Å²) in [7, 11) is 0. The van der Waals surface area contributed by atoms with E-state index in [4.69, 9.17) is 5.73 Å². The highest BCUT2D eigenvalue weighted by Gasteiger charge is 2.30. The van der Waals surface area contributed by atoms with Crippen LogP contribution in [0.1, 0.15) is 5.56 Å². The molecule has 0 saturated heterocycles. The van der Waals surface area contributed by atoms with E-state index in [2.05, 4.69) is 20.1 Å². The summed E-state index contributed by atoms with van der Waals surface area (Å²) in [6.45, 7) is 0. The van der Waals surface area contributed by atoms with E-state index < -0.39 is 11.7 Å². The van der Waals surface area contributed by atoms with Gasteiger partial charge in [0.2, 0.25) is 0 Å². The van der Waals surface area contributed by atoms with Gasteiger partial charge in [0.1, 0.15) is 12.1 Å². The average molecular weight is 280 g/mol. The van der Waals surface area contributed by atoms with Gasteiger partial charge in [-0.1, -0.05) is 0 Å². The molecule has 0 atom stereocenters. The number of nitrogens with two attached hydrogens (primary N) is 1. The third-order valence-electron chi connectivity index (χ3n) is 2.69. The third kappa shape index (κ3) is 1.92. The molecule has 9 heteroatoms. The predicted molar refractivity (Wildman–Crippen MR) is 63.9 cm³/mol. The van der Waals surface area contributed by atoms with Crippen molar-refractivity contribution in [2.45, 2.75) is 6.18 Å². The largest absolute Gasteiger partial charge is 0.417 e. The summed E-state index contributed by atoms with van der Waals surface area (Å²) in [6.07, 6.45) is -0.998. The Balaban J connectivity index is 2.10. The zero-order chi connectivity index (χ0) is 14.3. The summed E-state index contributed by atoms with van der Waals surface area (Å²) in [6, 6.07) is 2.15. The van der Waals surface area contributed by atoms with E-state index in [1.807, 2.05) is 0 Å². The van der Waals surface area contributed by atoms with Crippen molar-refractivity contribution in [1.29, 1.82) is 0 Å². The Kier molecular flexibility index (Phi) is 2.56. The fraction of sp³-hybridized carbons (Fsp3) is 0.0909. The highest BCUT2D eigenvalue weighted by atomic mass is 19.4. The molecule has 0 spiro atoms. The second kappa shape index (κ2) is 4.15. The molecular weight excluding hydrogens is 273 g/mol. The van der Waals surface area contributed by atoms with Crippen molar-refractivity contribution in [3.05, 3.63) is 36.4 Å². The van der Waals surface area contributed by atoms with Crippen LogP contribution in [0.5, 0.6) is 0 Å². The van der Waals surface area contributed by atoms with Gasteiger partial charge < -0.3 is 5.73 Å². The smallest absolute Gasteiger partial charge is 0.383 e. The number of nitrogen functional groups attached to an aromatic ring is 1. The Morgan fingerprint density at radius 2 is 1.85 bits per heavy atom. The fourth-order valence-electron chi connectivity index (χ4n) is 1.71. The summed E-state index contributed by atoms with van der Waals surface area (Å²) in [5, 5.41) is 4.52. The molecule has 0 amide bonds. The molecule has 3 aromatic heterocycles. The first-order valence-electron chi connectivity index (χ1n) is 5.44. The molecule has 3 rings (SSSR count). The minimum Gasteiger partial charge on any atom is -0.383 e. The van der Waals surface area contributed by atoms with Gasteiger partial charge in [-0.05, 0) is 12.1 Å². The molecule has 0 aromatic carbocycles. The number of nitrogens with zero attached hydrogens (tertiary/aromatic N) is 5. The molecule has 0 aliphatic carbocycles. The molecule has 0 saturated carbocycles. The van der Waals surface area contributed by atoms with Gasteiger partial charge in [-0.3, -0.25) is 0 Å². The van der Waals surface area contributed by atoms with Crippen LogP contribution < -0.4 is 5.73 Å². The second-order valence-electron chi connectivity index (χ2n) is 3.96. The highest BCUT2D eigenvalue weighted by molar-refractivity contribution is 5.85. The molecule has 0 unspecified atom stereocenters. The molecule has 0 fully saturated rings. The zero-order valence-electron chi connectivity index (χ0n) is 9.83. The third-order valence-corrected chi connectivity index (χ3v) is 2.69. The van der Waals surface area contributed by atoms with Crippen LogP contribution in [-0.2, 0) is 6.18 Å². The molecule has 0 aliphatic heterocycles. The van der Waals surface area contributed by atoms with Crippen molar-refractivity contribution >= 4 is 16.9 Å². The standard InChI is InChI=1S/C11H7F3N6/c12-11(13,14)6-1-2-8(16-3-6)20-10-7(4-19-20)9(15)17-5-18-10/h1-5H,(H2,15,17,18). The lowest BCUT2D eigenvalue weighted by Crippen LogP contribution is -2.07. The summed E-state index contributed by atoms with van der Waals surface area (Å²) in [4.78, 5) is 11.5. The normalized spacial score (nSPS) is 11.9. The van der Waals surface area contributed by atoms with Crippen LogP contribution in [0.15, 0.2) is 30.9 Å². The number of rotatable bonds is 1. The van der Waals surface area contributed by atoms with Crippen molar-refractivity contribution in [2.75, 3.05) is 5.73 Å². The quantitative estimate of drug-likeness (QED) is 0.735. The zero-order valence-corrected chi connectivity index (χ0v) is 9.83. The van der Waals surface area contributed by atoms with Crippen molar-refractivity contribution in [3.8, 4) is 5.82 Å². The maximum absolute atomic E-state index is 12.5. The van der Waals surface area contributed by atoms with E-state index in [0.717, 1.165) is 12.3 Å². The van der Waals surface area contributed by atoms with Crippen LogP contribution in [0.3, 0.4) is 0 Å². The maximum atomic E-state index is 12.5. The summed E-state index contributed by atoms with van der Waals surface area (Å²) in [5.74, 6) is 0.458. The molecule has 3 aromatic rings. The van der Waals surface area contributed by atoms with Gasteiger partial charge in [-0.2, -0.15) is 23.0 Å². The first-order chi connectivity index (χ1) is 9.47. The minimum atomic E-state index is -4.43. The Morgan fingerprint density at radius 1 is 1.05 bits per heavy atom. The number of hydrogen-bond donors (Lipinski definition) is 1. The SMILES string of the molecule is Nc1ncnc2c1cnn2-c1ccc(C(F)(F)F)cn1. The van der Waals surface area contributed by atoms with E-state index in [1.54, 1.807) is 0 Å². The number of alkyl halides is 3. The van der Waals surface area contributed by atoms with Crippen molar-refractivity contribution in [2.24, 2.45) is 0 Å². The molecule has 0 bridgehead atoms. The number of pyridine rings is 1. The lowest BCUT2D eigenvalue weighted by molar-refractivity contribution is -0.137. The fourth-order valence-corrected chi connectivity index (χ4v) is 1.71. The predicted octanol–water partition coefficient (Wildman–Crippen LogP) is 1.81. The van der Waals surface area contributed by atoms with Gasteiger partial charge in [-0.25, -0.2) is 15.0 Å². The molecule has 20 heavy (non-hydrogen) atoms. The Bertz CT molecular complexity index is 762. The summed E-state index contributed by atoms with van der Waals surface area (Å²) >= 11 is 0. The number of aromatic nitrogens is 5. The van der Waals surface area contributed by atoms with Gasteiger partial charge in [0.15, 0.2) is 11.5 Å². The van der Waals surface area contributed by atoms with E-state index >= 15 is 0 Å². The van der Waals surface area contributed by atoms with Crippen LogP contribution in [0.2, 0.25) is 0 Å². The lowest BCUT2D eigenvalue weighted by atomic mass is 10.3. The van der Waals surface area contributed by atoms with E-state index in [0.29, 0.717) is 11.0 Å². The van der Waals surface area contributed by atoms with Crippen molar-refractivity contribution < 1.29 is 13.2 Å². The Morgan fingerprint density at radius 3 is 2.50 bits per heavy atom. The van der Waals surface area contributed by atoms with Crippen LogP contribution in [0, 0.1) is 0 Å². The van der Waals surface area contributed by atoms with Crippen molar-refractivity contribution in [1.82, 2.24) is 24.7 Å². The van der Waals surface area contributed by atoms with Crippen LogP contribution in [0.4, 0.5) is 19.0 Å². The van der Waals surface area contributed by atoms with Gasteiger partial charge >= 0.3 is 6.18 Å². The first-order valence-corrected chi connectivity index (χ1v) is 5.44. The van der Waals surface area contributed by atoms with Gasteiger partial charge in [-0.15, -0.1) is 0 Å². The van der Waals surface area contributed by atoms with Crippen LogP contribution in [0.25, 0.3) is 16.9 Å². The monoisotopic (exact) mass is 280 g/mol.